The van der Waals surface area contributed by atoms with Gasteiger partial charge in [-0.05, 0) is 15.9 Å². The standard InChI is InChI=1S/C8H7BrN2O4/c1-15-7(12)3-5-2-6(11(13)14)4-10-8(5)9/h2,4H,3H2,1H3. The number of aromatic nitrogens is 1. The predicted molar refractivity (Wildman–Crippen MR) is 54.3 cm³/mol. The van der Waals surface area contributed by atoms with Gasteiger partial charge in [0.2, 0.25) is 0 Å². The molecule has 15 heavy (non-hydrogen) atoms. The number of esters is 1. The highest BCUT2D eigenvalue weighted by molar-refractivity contribution is 9.10. The summed E-state index contributed by atoms with van der Waals surface area (Å²) in [4.78, 5) is 24.6. The Morgan fingerprint density at radius 3 is 2.93 bits per heavy atom. The Balaban J connectivity index is 3.00. The molecule has 0 N–H and O–H groups in total. The molecule has 7 heteroatoms. The van der Waals surface area contributed by atoms with Gasteiger partial charge >= 0.3 is 5.97 Å². The van der Waals surface area contributed by atoms with Crippen molar-refractivity contribution in [3.8, 4) is 0 Å². The monoisotopic (exact) mass is 274 g/mol. The average Bonchev–Trinajstić information content (AvgIpc) is 2.20. The Kier molecular flexibility index (Phi) is 3.73. The molecule has 1 aromatic heterocycles. The molecule has 0 saturated carbocycles. The maximum absolute atomic E-state index is 11.0. The number of nitro groups is 1. The minimum absolute atomic E-state index is 0.0498. The molecular formula is C8H7BrN2O4. The van der Waals surface area contributed by atoms with Gasteiger partial charge < -0.3 is 4.74 Å². The van der Waals surface area contributed by atoms with Crippen LogP contribution in [-0.2, 0) is 16.0 Å². The Morgan fingerprint density at radius 1 is 1.73 bits per heavy atom. The number of rotatable bonds is 3. The molecule has 1 heterocycles. The first-order chi connectivity index (χ1) is 7.04. The van der Waals surface area contributed by atoms with Crippen LogP contribution in [0.5, 0.6) is 0 Å². The quantitative estimate of drug-likeness (QED) is 0.361. The summed E-state index contributed by atoms with van der Waals surface area (Å²) in [5, 5.41) is 10.5. The lowest BCUT2D eigenvalue weighted by molar-refractivity contribution is -0.385. The smallest absolute Gasteiger partial charge is 0.310 e. The lowest BCUT2D eigenvalue weighted by Gasteiger charge is -2.01. The summed E-state index contributed by atoms with van der Waals surface area (Å²) in [5.74, 6) is -0.474. The summed E-state index contributed by atoms with van der Waals surface area (Å²) in [5.41, 5.74) is 0.271. The summed E-state index contributed by atoms with van der Waals surface area (Å²) in [6.07, 6.45) is 1.07. The Bertz CT molecular complexity index is 408. The van der Waals surface area contributed by atoms with Crippen molar-refractivity contribution in [3.63, 3.8) is 0 Å². The second kappa shape index (κ2) is 4.83. The number of pyridine rings is 1. The number of nitrogens with zero attached hydrogens (tertiary/aromatic N) is 2. The van der Waals surface area contributed by atoms with E-state index in [2.05, 4.69) is 25.7 Å². The number of hydrogen-bond donors (Lipinski definition) is 0. The zero-order chi connectivity index (χ0) is 11.4. The Hall–Kier alpha value is -1.50. The summed E-state index contributed by atoms with van der Waals surface area (Å²) in [6, 6.07) is 1.29. The number of carbonyl (C=O) groups is 1. The van der Waals surface area contributed by atoms with E-state index in [-0.39, 0.29) is 12.1 Å². The SMILES string of the molecule is COC(=O)Cc1cc([N+](=O)[O-])cnc1Br. The number of methoxy groups -OCH3 is 1. The molecule has 1 rings (SSSR count). The van der Waals surface area contributed by atoms with E-state index in [1.807, 2.05) is 0 Å². The Morgan fingerprint density at radius 2 is 2.40 bits per heavy atom. The van der Waals surface area contributed by atoms with Crippen LogP contribution < -0.4 is 0 Å². The van der Waals surface area contributed by atoms with Crippen LogP contribution in [0.1, 0.15) is 5.56 Å². The molecule has 0 radical (unpaired) electrons. The van der Waals surface area contributed by atoms with Crippen molar-refractivity contribution in [2.75, 3.05) is 7.11 Å². The van der Waals surface area contributed by atoms with E-state index in [9.17, 15) is 14.9 Å². The zero-order valence-electron chi connectivity index (χ0n) is 7.77. The van der Waals surface area contributed by atoms with Crippen LogP contribution in [0.25, 0.3) is 0 Å². The maximum Gasteiger partial charge on any atom is 0.310 e. The molecule has 0 aromatic carbocycles. The molecule has 0 fully saturated rings. The van der Waals surface area contributed by atoms with Gasteiger partial charge in [-0.1, -0.05) is 0 Å². The average molecular weight is 275 g/mol. The molecule has 0 aliphatic heterocycles. The van der Waals surface area contributed by atoms with E-state index in [1.54, 1.807) is 0 Å². The molecule has 0 bridgehead atoms. The highest BCUT2D eigenvalue weighted by atomic mass is 79.9. The maximum atomic E-state index is 11.0. The van der Waals surface area contributed by atoms with Crippen LogP contribution in [0.3, 0.4) is 0 Å². The molecule has 0 aliphatic rings. The van der Waals surface area contributed by atoms with Crippen molar-refractivity contribution in [1.82, 2.24) is 4.98 Å². The summed E-state index contributed by atoms with van der Waals surface area (Å²) >= 11 is 3.10. The van der Waals surface area contributed by atoms with Crippen LogP contribution in [0.15, 0.2) is 16.9 Å². The first kappa shape index (κ1) is 11.6. The van der Waals surface area contributed by atoms with E-state index < -0.39 is 10.9 Å². The zero-order valence-corrected chi connectivity index (χ0v) is 9.35. The van der Waals surface area contributed by atoms with Crippen molar-refractivity contribution in [1.29, 1.82) is 0 Å². The normalized spacial score (nSPS) is 9.73. The van der Waals surface area contributed by atoms with Gasteiger partial charge in [-0.25, -0.2) is 4.98 Å². The van der Waals surface area contributed by atoms with E-state index >= 15 is 0 Å². The van der Waals surface area contributed by atoms with Crippen LogP contribution in [-0.4, -0.2) is 23.0 Å². The third-order valence-electron chi connectivity index (χ3n) is 1.67. The first-order valence-corrected chi connectivity index (χ1v) is 4.69. The fourth-order valence-corrected chi connectivity index (χ4v) is 1.29. The lowest BCUT2D eigenvalue weighted by Crippen LogP contribution is -2.06. The first-order valence-electron chi connectivity index (χ1n) is 3.90. The van der Waals surface area contributed by atoms with Gasteiger partial charge in [0.25, 0.3) is 5.69 Å². The van der Waals surface area contributed by atoms with E-state index in [0.717, 1.165) is 6.20 Å². The molecule has 1 aromatic rings. The van der Waals surface area contributed by atoms with Crippen molar-refractivity contribution < 1.29 is 14.5 Å². The third kappa shape index (κ3) is 2.98. The summed E-state index contributed by atoms with van der Waals surface area (Å²) < 4.78 is 4.85. The minimum Gasteiger partial charge on any atom is -0.469 e. The third-order valence-corrected chi connectivity index (χ3v) is 2.38. The van der Waals surface area contributed by atoms with Crippen LogP contribution in [0.4, 0.5) is 5.69 Å². The van der Waals surface area contributed by atoms with Gasteiger partial charge in [-0.2, -0.15) is 0 Å². The summed E-state index contributed by atoms with van der Waals surface area (Å²) in [6.45, 7) is 0. The second-order valence-electron chi connectivity index (χ2n) is 2.65. The van der Waals surface area contributed by atoms with Crippen molar-refractivity contribution in [2.24, 2.45) is 0 Å². The molecular weight excluding hydrogens is 268 g/mol. The van der Waals surface area contributed by atoms with Gasteiger partial charge in [0.1, 0.15) is 10.8 Å². The van der Waals surface area contributed by atoms with E-state index in [4.69, 9.17) is 0 Å². The number of ether oxygens (including phenoxy) is 1. The highest BCUT2D eigenvalue weighted by Crippen LogP contribution is 2.20. The second-order valence-corrected chi connectivity index (χ2v) is 3.40. The number of hydrogen-bond acceptors (Lipinski definition) is 5. The molecule has 6 nitrogen and oxygen atoms in total. The van der Waals surface area contributed by atoms with E-state index in [0.29, 0.717) is 10.2 Å². The van der Waals surface area contributed by atoms with Crippen LogP contribution >= 0.6 is 15.9 Å². The molecule has 0 aliphatic carbocycles. The van der Waals surface area contributed by atoms with Crippen LogP contribution in [0.2, 0.25) is 0 Å². The van der Waals surface area contributed by atoms with Crippen molar-refractivity contribution >= 4 is 27.6 Å². The topological polar surface area (TPSA) is 82.3 Å². The predicted octanol–water partition coefficient (Wildman–Crippen LogP) is 1.47. The molecule has 0 atom stereocenters. The largest absolute Gasteiger partial charge is 0.469 e. The lowest BCUT2D eigenvalue weighted by atomic mass is 10.2. The molecule has 0 unspecified atom stereocenters. The van der Waals surface area contributed by atoms with Crippen molar-refractivity contribution in [3.05, 3.63) is 32.5 Å². The molecule has 0 amide bonds. The molecule has 0 saturated heterocycles. The number of halogens is 1. The van der Waals surface area contributed by atoms with Gasteiger partial charge in [0, 0.05) is 11.6 Å². The molecule has 0 spiro atoms. The number of carbonyl (C=O) groups excluding carboxylic acids is 1. The molecule has 80 valence electrons. The Labute approximate surface area is 93.5 Å². The van der Waals surface area contributed by atoms with Crippen molar-refractivity contribution in [2.45, 2.75) is 6.42 Å². The van der Waals surface area contributed by atoms with Gasteiger partial charge in [-0.3, -0.25) is 14.9 Å². The minimum atomic E-state index is -0.569. The van der Waals surface area contributed by atoms with Crippen LogP contribution in [0, 0.1) is 10.1 Å². The van der Waals surface area contributed by atoms with E-state index in [1.165, 1.54) is 13.2 Å². The fraction of sp³-hybridized carbons (Fsp3) is 0.250. The highest BCUT2D eigenvalue weighted by Gasteiger charge is 2.13. The van der Waals surface area contributed by atoms with Gasteiger partial charge in [0.15, 0.2) is 0 Å². The van der Waals surface area contributed by atoms with Gasteiger partial charge in [0.05, 0.1) is 18.5 Å². The fourth-order valence-electron chi connectivity index (χ4n) is 0.933. The summed E-state index contributed by atoms with van der Waals surface area (Å²) in [7, 11) is 1.25. The van der Waals surface area contributed by atoms with Gasteiger partial charge in [-0.15, -0.1) is 0 Å².